The Hall–Kier alpha value is -1.69. The molecule has 0 aliphatic heterocycles. The second-order valence-electron chi connectivity index (χ2n) is 3.77. The molecule has 0 spiro atoms. The van der Waals surface area contributed by atoms with E-state index in [1.54, 1.807) is 18.3 Å². The molecule has 0 aliphatic carbocycles. The van der Waals surface area contributed by atoms with E-state index < -0.39 is 5.82 Å². The molecule has 1 N–H and O–H groups in total. The topological polar surface area (TPSA) is 47.0 Å². The molecule has 1 aromatic carbocycles. The first-order valence-corrected chi connectivity index (χ1v) is 6.55. The second kappa shape index (κ2) is 5.97. The number of nitrogens with one attached hydrogen (secondary N) is 1. The summed E-state index contributed by atoms with van der Waals surface area (Å²) in [5.74, 6) is 0.984. The van der Waals surface area contributed by atoms with E-state index in [4.69, 9.17) is 4.74 Å². The van der Waals surface area contributed by atoms with Crippen LogP contribution in [0.4, 0.5) is 10.2 Å². The molecule has 0 bridgehead atoms. The highest BCUT2D eigenvalue weighted by atomic mass is 79.9. The zero-order valence-electron chi connectivity index (χ0n) is 10.6. The second-order valence-corrected chi connectivity index (χ2v) is 4.62. The lowest BCUT2D eigenvalue weighted by Gasteiger charge is -2.08. The van der Waals surface area contributed by atoms with Crippen molar-refractivity contribution in [2.24, 2.45) is 0 Å². The Labute approximate surface area is 119 Å². The molecule has 6 heteroatoms. The number of ether oxygens (including phenoxy) is 1. The summed E-state index contributed by atoms with van der Waals surface area (Å²) >= 11 is 3.37. The van der Waals surface area contributed by atoms with E-state index in [2.05, 4.69) is 31.2 Å². The van der Waals surface area contributed by atoms with Gasteiger partial charge in [-0.2, -0.15) is 0 Å². The molecule has 2 aromatic rings. The summed E-state index contributed by atoms with van der Waals surface area (Å²) < 4.78 is 19.1. The van der Waals surface area contributed by atoms with Gasteiger partial charge < -0.3 is 10.1 Å². The lowest BCUT2D eigenvalue weighted by Crippen LogP contribution is -2.02. The van der Waals surface area contributed by atoms with E-state index in [-0.39, 0.29) is 5.75 Å². The van der Waals surface area contributed by atoms with Crippen molar-refractivity contribution in [3.63, 3.8) is 0 Å². The Bertz CT molecular complexity index is 592. The number of hydrogen-bond donors (Lipinski definition) is 1. The van der Waals surface area contributed by atoms with Crippen LogP contribution in [0.15, 0.2) is 28.9 Å². The van der Waals surface area contributed by atoms with Gasteiger partial charge >= 0.3 is 0 Å². The van der Waals surface area contributed by atoms with Gasteiger partial charge in [0.25, 0.3) is 0 Å². The summed E-state index contributed by atoms with van der Waals surface area (Å²) in [6, 6.07) is 4.54. The highest BCUT2D eigenvalue weighted by Gasteiger charge is 2.09. The van der Waals surface area contributed by atoms with E-state index >= 15 is 0 Å². The standard InChI is InChI=1S/C13H13BrFN3O/c1-3-16-13-9(14)7-17-12(18-13)8-4-5-10(15)11(6-8)19-2/h4-7H,3H2,1-2H3,(H,16,17,18). The number of methoxy groups -OCH3 is 1. The van der Waals surface area contributed by atoms with Crippen molar-refractivity contribution in [2.75, 3.05) is 19.0 Å². The van der Waals surface area contributed by atoms with Crippen molar-refractivity contribution in [1.29, 1.82) is 0 Å². The molecule has 0 saturated heterocycles. The van der Waals surface area contributed by atoms with Gasteiger partial charge in [-0.05, 0) is 41.1 Å². The van der Waals surface area contributed by atoms with Gasteiger partial charge in [0.2, 0.25) is 0 Å². The van der Waals surface area contributed by atoms with Crippen molar-refractivity contribution in [2.45, 2.75) is 6.92 Å². The minimum Gasteiger partial charge on any atom is -0.494 e. The van der Waals surface area contributed by atoms with E-state index in [1.165, 1.54) is 13.2 Å². The number of aromatic nitrogens is 2. The molecule has 0 atom stereocenters. The average Bonchev–Trinajstić information content (AvgIpc) is 2.42. The fraction of sp³-hybridized carbons (Fsp3) is 0.231. The number of benzene rings is 1. The molecular weight excluding hydrogens is 313 g/mol. The smallest absolute Gasteiger partial charge is 0.165 e. The minimum atomic E-state index is -0.407. The Morgan fingerprint density at radius 1 is 1.42 bits per heavy atom. The van der Waals surface area contributed by atoms with E-state index in [0.717, 1.165) is 11.0 Å². The first-order chi connectivity index (χ1) is 9.15. The van der Waals surface area contributed by atoms with Gasteiger partial charge in [0.1, 0.15) is 5.82 Å². The van der Waals surface area contributed by atoms with Crippen LogP contribution in [0, 0.1) is 5.82 Å². The molecule has 0 amide bonds. The molecule has 100 valence electrons. The maximum absolute atomic E-state index is 13.4. The van der Waals surface area contributed by atoms with Crippen LogP contribution in [0.5, 0.6) is 5.75 Å². The number of halogens is 2. The number of hydrogen-bond acceptors (Lipinski definition) is 4. The molecular formula is C13H13BrFN3O. The summed E-state index contributed by atoms with van der Waals surface area (Å²) in [5.41, 5.74) is 0.699. The van der Waals surface area contributed by atoms with Gasteiger partial charge in [0, 0.05) is 18.3 Å². The van der Waals surface area contributed by atoms with Crippen LogP contribution in [0.25, 0.3) is 11.4 Å². The molecule has 0 saturated carbocycles. The lowest BCUT2D eigenvalue weighted by atomic mass is 10.2. The first kappa shape index (κ1) is 13.7. The van der Waals surface area contributed by atoms with E-state index in [9.17, 15) is 4.39 Å². The van der Waals surface area contributed by atoms with Crippen LogP contribution in [-0.4, -0.2) is 23.6 Å². The number of anilines is 1. The van der Waals surface area contributed by atoms with Crippen molar-refractivity contribution in [3.8, 4) is 17.1 Å². The van der Waals surface area contributed by atoms with Crippen LogP contribution in [0.3, 0.4) is 0 Å². The normalized spacial score (nSPS) is 10.3. The molecule has 0 aliphatic rings. The minimum absolute atomic E-state index is 0.175. The summed E-state index contributed by atoms with van der Waals surface area (Å²) in [7, 11) is 1.43. The van der Waals surface area contributed by atoms with Crippen LogP contribution < -0.4 is 10.1 Å². The van der Waals surface area contributed by atoms with E-state index in [1.807, 2.05) is 6.92 Å². The molecule has 0 radical (unpaired) electrons. The van der Waals surface area contributed by atoms with Crippen LogP contribution >= 0.6 is 15.9 Å². The Morgan fingerprint density at radius 2 is 2.21 bits per heavy atom. The number of nitrogens with zero attached hydrogens (tertiary/aromatic N) is 2. The van der Waals surface area contributed by atoms with Crippen LogP contribution in [0.1, 0.15) is 6.92 Å². The van der Waals surface area contributed by atoms with Gasteiger partial charge in [-0.15, -0.1) is 0 Å². The van der Waals surface area contributed by atoms with Gasteiger partial charge in [-0.25, -0.2) is 14.4 Å². The third kappa shape index (κ3) is 3.01. The monoisotopic (exact) mass is 325 g/mol. The van der Waals surface area contributed by atoms with Gasteiger partial charge in [-0.1, -0.05) is 0 Å². The van der Waals surface area contributed by atoms with Crippen LogP contribution in [0.2, 0.25) is 0 Å². The largest absolute Gasteiger partial charge is 0.494 e. The van der Waals surface area contributed by atoms with Crippen molar-refractivity contribution >= 4 is 21.7 Å². The third-order valence-corrected chi connectivity index (χ3v) is 3.08. The Balaban J connectivity index is 2.44. The lowest BCUT2D eigenvalue weighted by molar-refractivity contribution is 0.387. The zero-order chi connectivity index (χ0) is 13.8. The number of rotatable bonds is 4. The molecule has 1 aromatic heterocycles. The Morgan fingerprint density at radius 3 is 2.89 bits per heavy atom. The van der Waals surface area contributed by atoms with Crippen molar-refractivity contribution in [1.82, 2.24) is 9.97 Å². The SMILES string of the molecule is CCNc1nc(-c2ccc(F)c(OC)c2)ncc1Br. The van der Waals surface area contributed by atoms with Gasteiger partial charge in [0.15, 0.2) is 17.4 Å². The maximum Gasteiger partial charge on any atom is 0.165 e. The van der Waals surface area contributed by atoms with Gasteiger partial charge in [-0.3, -0.25) is 0 Å². The fourth-order valence-corrected chi connectivity index (χ4v) is 1.93. The average molecular weight is 326 g/mol. The molecule has 1 heterocycles. The van der Waals surface area contributed by atoms with Crippen molar-refractivity contribution < 1.29 is 9.13 Å². The highest BCUT2D eigenvalue weighted by Crippen LogP contribution is 2.27. The third-order valence-electron chi connectivity index (χ3n) is 2.50. The zero-order valence-corrected chi connectivity index (χ0v) is 12.2. The van der Waals surface area contributed by atoms with Crippen molar-refractivity contribution in [3.05, 3.63) is 34.7 Å². The van der Waals surface area contributed by atoms with Gasteiger partial charge in [0.05, 0.1) is 11.6 Å². The summed E-state index contributed by atoms with van der Waals surface area (Å²) in [6.07, 6.45) is 1.66. The predicted molar refractivity (Wildman–Crippen MR) is 75.8 cm³/mol. The molecule has 0 fully saturated rings. The molecule has 0 unspecified atom stereocenters. The summed E-state index contributed by atoms with van der Waals surface area (Å²) in [5, 5.41) is 3.12. The Kier molecular flexibility index (Phi) is 4.31. The van der Waals surface area contributed by atoms with E-state index in [0.29, 0.717) is 17.2 Å². The molecule has 2 rings (SSSR count). The first-order valence-electron chi connectivity index (χ1n) is 5.76. The molecule has 19 heavy (non-hydrogen) atoms. The summed E-state index contributed by atoms with van der Waals surface area (Å²) in [6.45, 7) is 2.73. The van der Waals surface area contributed by atoms with Crippen LogP contribution in [-0.2, 0) is 0 Å². The quantitative estimate of drug-likeness (QED) is 0.934. The summed E-state index contributed by atoms with van der Waals surface area (Å²) in [4.78, 5) is 8.61. The fourth-order valence-electron chi connectivity index (χ4n) is 1.60. The maximum atomic E-state index is 13.4. The predicted octanol–water partition coefficient (Wildman–Crippen LogP) is 3.49. The highest BCUT2D eigenvalue weighted by molar-refractivity contribution is 9.10. The molecule has 4 nitrogen and oxygen atoms in total.